The Kier molecular flexibility index (Phi) is 4.91. The Morgan fingerprint density at radius 1 is 1.25 bits per heavy atom. The topological polar surface area (TPSA) is 88.1 Å². The van der Waals surface area contributed by atoms with Crippen molar-refractivity contribution in [1.29, 1.82) is 0 Å². The molecule has 0 saturated heterocycles. The van der Waals surface area contributed by atoms with Crippen LogP contribution in [0, 0.1) is 6.92 Å². The van der Waals surface area contributed by atoms with Gasteiger partial charge in [-0.25, -0.2) is 9.66 Å². The van der Waals surface area contributed by atoms with Crippen LogP contribution in [0.5, 0.6) is 11.5 Å². The summed E-state index contributed by atoms with van der Waals surface area (Å²) in [5, 5.41) is 11.5. The van der Waals surface area contributed by atoms with Crippen LogP contribution in [0.15, 0.2) is 28.7 Å². The predicted octanol–water partition coefficient (Wildman–Crippen LogP) is 2.73. The van der Waals surface area contributed by atoms with E-state index in [9.17, 15) is 0 Å². The van der Waals surface area contributed by atoms with Crippen LogP contribution in [0.3, 0.4) is 0 Å². The summed E-state index contributed by atoms with van der Waals surface area (Å²) >= 11 is 3.06. The van der Waals surface area contributed by atoms with E-state index in [-0.39, 0.29) is 0 Å². The highest BCUT2D eigenvalue weighted by atomic mass is 32.2. The Balaban J connectivity index is 1.80. The molecule has 3 rings (SSSR count). The quantitative estimate of drug-likeness (QED) is 0.532. The van der Waals surface area contributed by atoms with Crippen LogP contribution < -0.4 is 15.3 Å². The fourth-order valence-electron chi connectivity index (χ4n) is 2.14. The molecule has 2 aromatic heterocycles. The lowest BCUT2D eigenvalue weighted by atomic mass is 10.2. The van der Waals surface area contributed by atoms with Gasteiger partial charge in [0.05, 0.1) is 25.5 Å². The predicted molar refractivity (Wildman–Crippen MR) is 95.1 cm³/mol. The number of aryl methyl sites for hydroxylation is 1. The number of benzene rings is 1. The molecule has 2 N–H and O–H groups in total. The maximum Gasteiger partial charge on any atom is 0.210 e. The zero-order chi connectivity index (χ0) is 17.1. The van der Waals surface area contributed by atoms with Crippen molar-refractivity contribution in [2.24, 2.45) is 0 Å². The second kappa shape index (κ2) is 7.10. The molecule has 0 amide bonds. The number of hydrogen-bond acceptors (Lipinski definition) is 8. The Labute approximate surface area is 147 Å². The highest BCUT2D eigenvalue weighted by molar-refractivity contribution is 7.98. The molecule has 3 aromatic rings. The van der Waals surface area contributed by atoms with Crippen molar-refractivity contribution in [3.63, 3.8) is 0 Å². The average molecular weight is 363 g/mol. The van der Waals surface area contributed by atoms with E-state index in [4.69, 9.17) is 15.3 Å². The molecule has 0 aliphatic rings. The van der Waals surface area contributed by atoms with Crippen LogP contribution in [-0.4, -0.2) is 34.1 Å². The minimum absolute atomic E-state index is 0.665. The van der Waals surface area contributed by atoms with E-state index in [1.54, 1.807) is 25.6 Å². The normalized spacial score (nSPS) is 10.8. The lowest BCUT2D eigenvalue weighted by molar-refractivity contribution is 0.356. The summed E-state index contributed by atoms with van der Waals surface area (Å²) in [4.78, 5) is 4.68. The van der Waals surface area contributed by atoms with Crippen LogP contribution in [0.2, 0.25) is 0 Å². The van der Waals surface area contributed by atoms with E-state index in [0.29, 0.717) is 28.2 Å². The minimum Gasteiger partial charge on any atom is -0.493 e. The molecule has 0 radical (unpaired) electrons. The van der Waals surface area contributed by atoms with Gasteiger partial charge in [-0.1, -0.05) is 17.8 Å². The van der Waals surface area contributed by atoms with Crippen molar-refractivity contribution in [3.8, 4) is 22.1 Å². The first kappa shape index (κ1) is 16.6. The van der Waals surface area contributed by atoms with Crippen molar-refractivity contribution in [2.45, 2.75) is 17.8 Å². The molecular formula is C15H17N5O2S2. The zero-order valence-electron chi connectivity index (χ0n) is 13.5. The van der Waals surface area contributed by atoms with Gasteiger partial charge in [-0.15, -0.1) is 21.5 Å². The van der Waals surface area contributed by atoms with E-state index in [1.165, 1.54) is 16.4 Å². The van der Waals surface area contributed by atoms with Gasteiger partial charge in [-0.2, -0.15) is 0 Å². The molecule has 126 valence electrons. The van der Waals surface area contributed by atoms with E-state index in [2.05, 4.69) is 15.2 Å². The number of nitrogens with zero attached hydrogens (tertiary/aromatic N) is 4. The molecule has 24 heavy (non-hydrogen) atoms. The maximum absolute atomic E-state index is 5.86. The summed E-state index contributed by atoms with van der Waals surface area (Å²) in [5.74, 6) is 8.57. The van der Waals surface area contributed by atoms with E-state index >= 15 is 0 Å². The molecule has 0 bridgehead atoms. The van der Waals surface area contributed by atoms with Crippen molar-refractivity contribution >= 4 is 23.1 Å². The van der Waals surface area contributed by atoms with E-state index in [1.807, 2.05) is 30.5 Å². The zero-order valence-corrected chi connectivity index (χ0v) is 15.1. The lowest BCUT2D eigenvalue weighted by Gasteiger charge is -2.10. The van der Waals surface area contributed by atoms with Gasteiger partial charge in [0.25, 0.3) is 0 Å². The Morgan fingerprint density at radius 3 is 2.75 bits per heavy atom. The number of hydrogen-bond donors (Lipinski definition) is 1. The summed E-state index contributed by atoms with van der Waals surface area (Å²) in [6.45, 7) is 1.81. The van der Waals surface area contributed by atoms with Crippen molar-refractivity contribution in [3.05, 3.63) is 35.1 Å². The lowest BCUT2D eigenvalue weighted by Crippen LogP contribution is -2.11. The van der Waals surface area contributed by atoms with Gasteiger partial charge in [0.2, 0.25) is 5.16 Å². The van der Waals surface area contributed by atoms with Crippen molar-refractivity contribution in [1.82, 2.24) is 19.9 Å². The number of rotatable bonds is 6. The van der Waals surface area contributed by atoms with Crippen LogP contribution in [0.1, 0.15) is 11.5 Å². The number of para-hydroxylation sites is 1. The summed E-state index contributed by atoms with van der Waals surface area (Å²) in [5.41, 5.74) is 1.86. The highest BCUT2D eigenvalue weighted by Gasteiger charge is 2.15. The molecule has 9 heteroatoms. The molecule has 0 unspecified atom stereocenters. The van der Waals surface area contributed by atoms with Crippen molar-refractivity contribution in [2.75, 3.05) is 20.1 Å². The largest absolute Gasteiger partial charge is 0.493 e. The number of nitrogens with two attached hydrogens (primary N) is 1. The molecule has 0 fully saturated rings. The number of thiazole rings is 1. The number of nitrogen functional groups attached to an aromatic ring is 1. The third-order valence-electron chi connectivity index (χ3n) is 3.37. The highest BCUT2D eigenvalue weighted by Crippen LogP contribution is 2.39. The van der Waals surface area contributed by atoms with Crippen molar-refractivity contribution < 1.29 is 9.47 Å². The van der Waals surface area contributed by atoms with Crippen LogP contribution in [-0.2, 0) is 5.75 Å². The number of aromatic nitrogens is 4. The smallest absolute Gasteiger partial charge is 0.210 e. The molecule has 0 saturated carbocycles. The number of ether oxygens (including phenoxy) is 2. The molecule has 0 spiro atoms. The van der Waals surface area contributed by atoms with E-state index < -0.39 is 0 Å². The van der Waals surface area contributed by atoms with Crippen LogP contribution in [0.4, 0.5) is 0 Å². The van der Waals surface area contributed by atoms with Gasteiger partial charge in [-0.3, -0.25) is 0 Å². The third-order valence-corrected chi connectivity index (χ3v) is 5.27. The molecule has 0 atom stereocenters. The van der Waals surface area contributed by atoms with E-state index in [0.717, 1.165) is 16.3 Å². The summed E-state index contributed by atoms with van der Waals surface area (Å²) in [6.07, 6.45) is 0. The van der Waals surface area contributed by atoms with Crippen LogP contribution in [0.25, 0.3) is 10.6 Å². The maximum atomic E-state index is 5.86. The molecule has 1 aromatic carbocycles. The monoisotopic (exact) mass is 363 g/mol. The first-order valence-electron chi connectivity index (χ1n) is 7.09. The van der Waals surface area contributed by atoms with Gasteiger partial charge in [0.15, 0.2) is 11.5 Å². The van der Waals surface area contributed by atoms with Gasteiger partial charge < -0.3 is 15.3 Å². The Morgan fingerprint density at radius 2 is 2.08 bits per heavy atom. The number of thioether (sulfide) groups is 1. The first-order chi connectivity index (χ1) is 11.6. The fourth-order valence-corrected chi connectivity index (χ4v) is 3.88. The standard InChI is InChI=1S/C15H17N5O2S2/c1-9-18-19-15(20(9)16)24-8-10-7-23-14(17-10)11-5-4-6-12(21-2)13(11)22-3/h4-7H,8,16H2,1-3H3. The first-order valence-corrected chi connectivity index (χ1v) is 8.96. The number of methoxy groups -OCH3 is 2. The average Bonchev–Trinajstić information content (AvgIpc) is 3.20. The van der Waals surface area contributed by atoms with Gasteiger partial charge in [-0.05, 0) is 19.1 Å². The fraction of sp³-hybridized carbons (Fsp3) is 0.267. The van der Waals surface area contributed by atoms with Gasteiger partial charge >= 0.3 is 0 Å². The third kappa shape index (κ3) is 3.17. The van der Waals surface area contributed by atoms with Crippen LogP contribution >= 0.6 is 23.1 Å². The Bertz CT molecular complexity index is 846. The molecule has 0 aliphatic carbocycles. The summed E-state index contributed by atoms with van der Waals surface area (Å²) in [6, 6.07) is 5.76. The van der Waals surface area contributed by atoms with Gasteiger partial charge in [0.1, 0.15) is 10.8 Å². The Hall–Kier alpha value is -2.26. The molecule has 2 heterocycles. The summed E-state index contributed by atoms with van der Waals surface area (Å²) in [7, 11) is 3.25. The summed E-state index contributed by atoms with van der Waals surface area (Å²) < 4.78 is 12.3. The second-order valence-corrected chi connectivity index (χ2v) is 6.67. The second-order valence-electron chi connectivity index (χ2n) is 4.87. The molecule has 7 nitrogen and oxygen atoms in total. The van der Waals surface area contributed by atoms with Gasteiger partial charge in [0, 0.05) is 11.1 Å². The SMILES string of the molecule is COc1cccc(-c2nc(CSc3nnc(C)n3N)cs2)c1OC. The molecular weight excluding hydrogens is 346 g/mol. The molecule has 0 aliphatic heterocycles. The minimum atomic E-state index is 0.665.